The van der Waals surface area contributed by atoms with E-state index in [2.05, 4.69) is 10.5 Å². The minimum atomic E-state index is -0.216. The molecule has 1 amide bonds. The van der Waals surface area contributed by atoms with Crippen molar-refractivity contribution in [1.29, 1.82) is 0 Å². The molecule has 7 nitrogen and oxygen atoms in total. The third kappa shape index (κ3) is 3.90. The summed E-state index contributed by atoms with van der Waals surface area (Å²) >= 11 is 1.28. The second-order valence-corrected chi connectivity index (χ2v) is 7.54. The molecule has 0 spiro atoms. The van der Waals surface area contributed by atoms with Crippen LogP contribution in [0.4, 0.5) is 5.82 Å². The Balaban J connectivity index is 1.63. The van der Waals surface area contributed by atoms with E-state index in [-0.39, 0.29) is 23.3 Å². The number of para-hydroxylation sites is 1. The molecule has 140 valence electrons. The highest BCUT2D eigenvalue weighted by atomic mass is 32.2. The van der Waals surface area contributed by atoms with Crippen LogP contribution in [0.2, 0.25) is 0 Å². The lowest BCUT2D eigenvalue weighted by Gasteiger charge is -2.26. The molecule has 1 aromatic carbocycles. The first-order valence-electron chi connectivity index (χ1n) is 9.06. The average Bonchev–Trinajstić information content (AvgIpc) is 3.20. The molecule has 27 heavy (non-hydrogen) atoms. The first-order chi connectivity index (χ1) is 13.2. The Hall–Kier alpha value is -2.61. The number of nitrogens with one attached hydrogen (secondary N) is 1. The van der Waals surface area contributed by atoms with Crippen LogP contribution in [0.3, 0.4) is 0 Å². The van der Waals surface area contributed by atoms with Crippen LogP contribution in [-0.2, 0) is 4.79 Å². The van der Waals surface area contributed by atoms with Gasteiger partial charge in [0, 0.05) is 12.1 Å². The predicted molar refractivity (Wildman–Crippen MR) is 104 cm³/mol. The van der Waals surface area contributed by atoms with Gasteiger partial charge in [-0.05, 0) is 25.0 Å². The van der Waals surface area contributed by atoms with Crippen molar-refractivity contribution >= 4 is 34.4 Å². The number of hydrogen-bond acceptors (Lipinski definition) is 6. The molecule has 0 atom stereocenters. The van der Waals surface area contributed by atoms with Crippen molar-refractivity contribution in [3.63, 3.8) is 0 Å². The van der Waals surface area contributed by atoms with Crippen LogP contribution in [0.15, 0.2) is 51.1 Å². The second kappa shape index (κ2) is 7.96. The van der Waals surface area contributed by atoms with Gasteiger partial charge in [-0.2, -0.15) is 0 Å². The molecule has 0 radical (unpaired) electrons. The Morgan fingerprint density at radius 2 is 2.04 bits per heavy atom. The molecule has 1 fully saturated rings. The number of fused-ring (bicyclic) bond motifs is 1. The van der Waals surface area contributed by atoms with E-state index in [1.807, 2.05) is 24.3 Å². The van der Waals surface area contributed by atoms with E-state index in [4.69, 9.17) is 9.51 Å². The van der Waals surface area contributed by atoms with Crippen molar-refractivity contribution in [3.8, 4) is 0 Å². The zero-order valence-electron chi connectivity index (χ0n) is 14.8. The number of carbonyl (C=O) groups excluding carboxylic acids is 1. The van der Waals surface area contributed by atoms with Gasteiger partial charge in [-0.1, -0.05) is 48.3 Å². The fourth-order valence-electron chi connectivity index (χ4n) is 3.47. The van der Waals surface area contributed by atoms with E-state index in [1.54, 1.807) is 10.6 Å². The summed E-state index contributed by atoms with van der Waals surface area (Å²) in [7, 11) is 0. The summed E-state index contributed by atoms with van der Waals surface area (Å²) < 4.78 is 6.51. The van der Waals surface area contributed by atoms with Crippen LogP contribution < -0.4 is 10.9 Å². The summed E-state index contributed by atoms with van der Waals surface area (Å²) in [5.41, 5.74) is 0.640. The Morgan fingerprint density at radius 3 is 2.81 bits per heavy atom. The molecule has 2 aromatic heterocycles. The summed E-state index contributed by atoms with van der Waals surface area (Å²) in [4.78, 5) is 30.0. The summed E-state index contributed by atoms with van der Waals surface area (Å²) in [6, 6.07) is 9.09. The first kappa shape index (κ1) is 17.8. The van der Waals surface area contributed by atoms with E-state index in [1.165, 1.54) is 24.4 Å². The number of thioether (sulfide) groups is 1. The summed E-state index contributed by atoms with van der Waals surface area (Å²) in [6.07, 6.45) is 6.77. The van der Waals surface area contributed by atoms with Gasteiger partial charge < -0.3 is 9.84 Å². The van der Waals surface area contributed by atoms with Crippen LogP contribution in [0.5, 0.6) is 0 Å². The van der Waals surface area contributed by atoms with Crippen molar-refractivity contribution in [1.82, 2.24) is 14.7 Å². The Labute approximate surface area is 160 Å². The SMILES string of the molecule is O=C(CSc1nc2ccccc2c(=O)n1C1CCCCC1)Nc1ccon1. The van der Waals surface area contributed by atoms with Crippen LogP contribution in [-0.4, -0.2) is 26.4 Å². The Morgan fingerprint density at radius 1 is 1.22 bits per heavy atom. The lowest BCUT2D eigenvalue weighted by atomic mass is 9.95. The number of rotatable bonds is 5. The van der Waals surface area contributed by atoms with Gasteiger partial charge in [0.05, 0.1) is 16.7 Å². The quantitative estimate of drug-likeness (QED) is 0.534. The normalized spacial score (nSPS) is 15.1. The molecule has 0 aliphatic heterocycles. The molecule has 1 aliphatic rings. The van der Waals surface area contributed by atoms with Crippen molar-refractivity contribution < 1.29 is 9.32 Å². The first-order valence-corrected chi connectivity index (χ1v) is 10.1. The molecule has 1 saturated carbocycles. The molecule has 1 aliphatic carbocycles. The summed E-state index contributed by atoms with van der Waals surface area (Å²) in [6.45, 7) is 0. The van der Waals surface area contributed by atoms with E-state index in [0.29, 0.717) is 21.9 Å². The van der Waals surface area contributed by atoms with Gasteiger partial charge in [-0.15, -0.1) is 0 Å². The van der Waals surface area contributed by atoms with Crippen LogP contribution in [0.25, 0.3) is 10.9 Å². The third-order valence-electron chi connectivity index (χ3n) is 4.75. The number of anilines is 1. The number of amides is 1. The van der Waals surface area contributed by atoms with Gasteiger partial charge in [-0.25, -0.2) is 4.98 Å². The van der Waals surface area contributed by atoms with E-state index in [9.17, 15) is 9.59 Å². The largest absolute Gasteiger partial charge is 0.363 e. The maximum absolute atomic E-state index is 13.1. The molecule has 1 N–H and O–H groups in total. The minimum Gasteiger partial charge on any atom is -0.363 e. The molecule has 4 rings (SSSR count). The topological polar surface area (TPSA) is 90.0 Å². The number of benzene rings is 1. The van der Waals surface area contributed by atoms with Crippen molar-refractivity contribution in [2.45, 2.75) is 43.3 Å². The standard InChI is InChI=1S/C19H20N4O3S/c24-17(21-16-10-11-26-22-16)12-27-19-20-15-9-5-4-8-14(15)18(25)23(19)13-6-2-1-3-7-13/h4-5,8-11,13H,1-3,6-7,12H2,(H,21,22,24). The van der Waals surface area contributed by atoms with Gasteiger partial charge >= 0.3 is 0 Å². The third-order valence-corrected chi connectivity index (χ3v) is 5.71. The van der Waals surface area contributed by atoms with Gasteiger partial charge in [0.25, 0.3) is 5.56 Å². The van der Waals surface area contributed by atoms with Crippen molar-refractivity contribution in [2.75, 3.05) is 11.1 Å². The highest BCUT2D eigenvalue weighted by molar-refractivity contribution is 7.99. The van der Waals surface area contributed by atoms with Crippen LogP contribution in [0.1, 0.15) is 38.1 Å². The molecule has 8 heteroatoms. The number of aromatic nitrogens is 3. The van der Waals surface area contributed by atoms with E-state index < -0.39 is 0 Å². The predicted octanol–water partition coefficient (Wildman–Crippen LogP) is 3.62. The molecular weight excluding hydrogens is 364 g/mol. The molecule has 0 saturated heterocycles. The summed E-state index contributed by atoms with van der Waals surface area (Å²) in [5.74, 6) is 0.299. The summed E-state index contributed by atoms with van der Waals surface area (Å²) in [5, 5.41) is 7.56. The lowest BCUT2D eigenvalue weighted by Crippen LogP contribution is -2.29. The maximum Gasteiger partial charge on any atom is 0.262 e. The lowest BCUT2D eigenvalue weighted by molar-refractivity contribution is -0.113. The van der Waals surface area contributed by atoms with Crippen molar-refractivity contribution in [2.24, 2.45) is 0 Å². The Bertz CT molecular complexity index is 994. The second-order valence-electron chi connectivity index (χ2n) is 6.60. The number of carbonyl (C=O) groups is 1. The van der Waals surface area contributed by atoms with Crippen LogP contribution >= 0.6 is 11.8 Å². The van der Waals surface area contributed by atoms with Gasteiger partial charge in [-0.3, -0.25) is 14.2 Å². The zero-order valence-corrected chi connectivity index (χ0v) is 15.6. The van der Waals surface area contributed by atoms with E-state index in [0.717, 1.165) is 25.7 Å². The van der Waals surface area contributed by atoms with E-state index >= 15 is 0 Å². The zero-order chi connectivity index (χ0) is 18.6. The molecular formula is C19H20N4O3S. The van der Waals surface area contributed by atoms with Gasteiger partial charge in [0.1, 0.15) is 6.26 Å². The Kier molecular flexibility index (Phi) is 5.24. The highest BCUT2D eigenvalue weighted by Gasteiger charge is 2.22. The molecule has 3 aromatic rings. The molecule has 0 unspecified atom stereocenters. The fraction of sp³-hybridized carbons (Fsp3) is 0.368. The van der Waals surface area contributed by atoms with Crippen LogP contribution in [0, 0.1) is 0 Å². The van der Waals surface area contributed by atoms with Gasteiger partial charge in [0.2, 0.25) is 5.91 Å². The van der Waals surface area contributed by atoms with Gasteiger partial charge in [0.15, 0.2) is 11.0 Å². The maximum atomic E-state index is 13.1. The molecule has 0 bridgehead atoms. The number of hydrogen-bond donors (Lipinski definition) is 1. The van der Waals surface area contributed by atoms with Crippen molar-refractivity contribution in [3.05, 3.63) is 46.9 Å². The smallest absolute Gasteiger partial charge is 0.262 e. The minimum absolute atomic E-state index is 0.0214. The fourth-order valence-corrected chi connectivity index (χ4v) is 4.34. The monoisotopic (exact) mass is 384 g/mol. The highest BCUT2D eigenvalue weighted by Crippen LogP contribution is 2.31. The molecule has 2 heterocycles. The average molecular weight is 384 g/mol. The number of nitrogens with zero attached hydrogens (tertiary/aromatic N) is 3.